The lowest BCUT2D eigenvalue weighted by Gasteiger charge is -2.16. The first-order valence-corrected chi connectivity index (χ1v) is 14.9. The summed E-state index contributed by atoms with van der Waals surface area (Å²) in [6, 6.07) is 12.0. The molecule has 1 aliphatic heterocycles. The van der Waals surface area contributed by atoms with Gasteiger partial charge in [0, 0.05) is 12.1 Å². The van der Waals surface area contributed by atoms with Crippen LogP contribution >= 0.6 is 56.9 Å². The van der Waals surface area contributed by atoms with Crippen LogP contribution in [0.1, 0.15) is 16.7 Å². The smallest absolute Gasteiger partial charge is 0.416 e. The van der Waals surface area contributed by atoms with Crippen molar-refractivity contribution >= 4 is 91.4 Å². The van der Waals surface area contributed by atoms with E-state index in [9.17, 15) is 37.7 Å². The number of imide groups is 1. The quantitative estimate of drug-likeness (QED) is 0.105. The number of rotatable bonds is 9. The van der Waals surface area contributed by atoms with E-state index in [2.05, 4.69) is 50.5 Å². The largest absolute Gasteiger partial charge is 0.495 e. The van der Waals surface area contributed by atoms with Gasteiger partial charge >= 0.3 is 6.18 Å². The summed E-state index contributed by atoms with van der Waals surface area (Å²) in [6.45, 7) is -0.553. The van der Waals surface area contributed by atoms with Crippen LogP contribution in [0.15, 0.2) is 59.5 Å². The Labute approximate surface area is 273 Å². The lowest BCUT2D eigenvalue weighted by molar-refractivity contribution is -0.384. The number of nitrogens with one attached hydrogen (secondary N) is 1. The Hall–Kier alpha value is -3.39. The average molecular weight is 839 g/mol. The zero-order valence-electron chi connectivity index (χ0n) is 21.7. The standard InChI is InChI=1S/C27H18F3I2N3O7S/c1-41-21-7-4-16(27(28,29)30)11-20(21)33-23(36)12-34-25(37)22(43-26(34)38)10-15-8-18(31)24(19(32)9-15)42-13-14-2-5-17(6-3-14)35(39)40/h2-11H,12-13H2,1H3,(H,33,36)/b22-10-. The molecule has 1 fully saturated rings. The molecule has 3 amide bonds. The van der Waals surface area contributed by atoms with Gasteiger partial charge in [-0.15, -0.1) is 0 Å². The molecule has 1 heterocycles. The highest BCUT2D eigenvalue weighted by atomic mass is 127. The van der Waals surface area contributed by atoms with E-state index < -0.39 is 40.3 Å². The van der Waals surface area contributed by atoms with E-state index in [1.807, 2.05) is 0 Å². The van der Waals surface area contributed by atoms with Crippen LogP contribution < -0.4 is 14.8 Å². The minimum absolute atomic E-state index is 0.0280. The molecular formula is C27H18F3I2N3O7S. The molecule has 0 aromatic heterocycles. The summed E-state index contributed by atoms with van der Waals surface area (Å²) in [5.74, 6) is -1.09. The number of carbonyl (C=O) groups excluding carboxylic acids is 3. The van der Waals surface area contributed by atoms with Crippen molar-refractivity contribution in [3.8, 4) is 11.5 Å². The van der Waals surface area contributed by atoms with Gasteiger partial charge in [0.15, 0.2) is 0 Å². The second kappa shape index (κ2) is 13.5. The molecule has 0 spiro atoms. The van der Waals surface area contributed by atoms with Gasteiger partial charge in [0.2, 0.25) is 5.91 Å². The van der Waals surface area contributed by atoms with Gasteiger partial charge in [0.05, 0.1) is 35.3 Å². The summed E-state index contributed by atoms with van der Waals surface area (Å²) in [5.41, 5.74) is 0.0125. The molecule has 0 atom stereocenters. The lowest BCUT2D eigenvalue weighted by Crippen LogP contribution is -2.36. The van der Waals surface area contributed by atoms with Crippen LogP contribution in [0.3, 0.4) is 0 Å². The van der Waals surface area contributed by atoms with Crippen molar-refractivity contribution in [2.75, 3.05) is 19.0 Å². The number of benzene rings is 3. The number of alkyl halides is 3. The molecule has 1 saturated heterocycles. The topological polar surface area (TPSA) is 128 Å². The fourth-order valence-corrected chi connectivity index (χ4v) is 6.74. The highest BCUT2D eigenvalue weighted by Crippen LogP contribution is 2.37. The molecule has 4 rings (SSSR count). The first-order chi connectivity index (χ1) is 20.3. The Balaban J connectivity index is 1.44. The van der Waals surface area contributed by atoms with Gasteiger partial charge in [0.1, 0.15) is 24.7 Å². The Kier molecular flexibility index (Phi) is 10.2. The van der Waals surface area contributed by atoms with Gasteiger partial charge < -0.3 is 14.8 Å². The van der Waals surface area contributed by atoms with E-state index in [0.717, 1.165) is 17.7 Å². The minimum Gasteiger partial charge on any atom is -0.495 e. The highest BCUT2D eigenvalue weighted by Gasteiger charge is 2.37. The van der Waals surface area contributed by atoms with Crippen molar-refractivity contribution in [1.29, 1.82) is 0 Å². The Bertz CT molecular complexity index is 1630. The number of nitrogens with zero attached hydrogens (tertiary/aromatic N) is 2. The number of nitro benzene ring substituents is 1. The summed E-state index contributed by atoms with van der Waals surface area (Å²) in [6.07, 6.45) is -3.17. The third-order valence-corrected chi connectivity index (χ3v) is 8.33. The third kappa shape index (κ3) is 7.96. The fraction of sp³-hybridized carbons (Fsp3) is 0.148. The van der Waals surface area contributed by atoms with Gasteiger partial charge in [-0.1, -0.05) is 0 Å². The number of anilines is 1. The van der Waals surface area contributed by atoms with Gasteiger partial charge in [-0.3, -0.25) is 29.4 Å². The molecule has 224 valence electrons. The van der Waals surface area contributed by atoms with Gasteiger partial charge in [-0.05, 0) is 117 Å². The summed E-state index contributed by atoms with van der Waals surface area (Å²) >= 11 is 4.74. The number of hydrogen-bond donors (Lipinski definition) is 1. The van der Waals surface area contributed by atoms with E-state index in [1.54, 1.807) is 24.3 Å². The molecule has 0 saturated carbocycles. The molecule has 1 N–H and O–H groups in total. The Morgan fingerprint density at radius 1 is 1.09 bits per heavy atom. The van der Waals surface area contributed by atoms with E-state index in [0.29, 0.717) is 41.2 Å². The van der Waals surface area contributed by atoms with Gasteiger partial charge in [0.25, 0.3) is 16.8 Å². The predicted molar refractivity (Wildman–Crippen MR) is 169 cm³/mol. The van der Waals surface area contributed by atoms with Crippen LogP contribution in [-0.2, 0) is 22.4 Å². The number of methoxy groups -OCH3 is 1. The summed E-state index contributed by atoms with van der Waals surface area (Å²) in [7, 11) is 1.22. The molecule has 1 aliphatic rings. The van der Waals surface area contributed by atoms with Crippen LogP contribution in [0.2, 0.25) is 0 Å². The summed E-state index contributed by atoms with van der Waals surface area (Å²) in [4.78, 5) is 49.3. The summed E-state index contributed by atoms with van der Waals surface area (Å²) in [5, 5.41) is 12.4. The number of amides is 3. The zero-order valence-corrected chi connectivity index (χ0v) is 26.9. The molecule has 3 aromatic carbocycles. The van der Waals surface area contributed by atoms with Crippen LogP contribution in [0.25, 0.3) is 6.08 Å². The predicted octanol–water partition coefficient (Wildman–Crippen LogP) is 7.09. The second-order valence-corrected chi connectivity index (χ2v) is 12.1. The minimum atomic E-state index is -4.66. The second-order valence-electron chi connectivity index (χ2n) is 8.75. The van der Waals surface area contributed by atoms with Crippen molar-refractivity contribution in [3.05, 3.63) is 93.4 Å². The first-order valence-electron chi connectivity index (χ1n) is 11.9. The van der Waals surface area contributed by atoms with Crippen LogP contribution in [0, 0.1) is 17.3 Å². The highest BCUT2D eigenvalue weighted by molar-refractivity contribution is 14.1. The van der Waals surface area contributed by atoms with E-state index in [4.69, 9.17) is 9.47 Å². The molecule has 0 unspecified atom stereocenters. The van der Waals surface area contributed by atoms with Crippen molar-refractivity contribution in [2.45, 2.75) is 12.8 Å². The van der Waals surface area contributed by atoms with Crippen LogP contribution in [-0.4, -0.2) is 40.5 Å². The van der Waals surface area contributed by atoms with Crippen molar-refractivity contribution in [3.63, 3.8) is 0 Å². The lowest BCUT2D eigenvalue weighted by atomic mass is 10.1. The van der Waals surface area contributed by atoms with E-state index in [-0.39, 0.29) is 28.6 Å². The fourth-order valence-electron chi connectivity index (χ4n) is 3.77. The van der Waals surface area contributed by atoms with E-state index in [1.165, 1.54) is 25.3 Å². The summed E-state index contributed by atoms with van der Waals surface area (Å²) < 4.78 is 51.7. The SMILES string of the molecule is COc1ccc(C(F)(F)F)cc1NC(=O)CN1C(=O)S/C(=C\c2cc(I)c(OCc3ccc([N+](=O)[O-])cc3)c(I)c2)C1=O. The number of halogens is 5. The molecule has 10 nitrogen and oxygen atoms in total. The molecule has 0 radical (unpaired) electrons. The monoisotopic (exact) mass is 839 g/mol. The van der Waals surface area contributed by atoms with Crippen molar-refractivity contribution < 1.29 is 42.0 Å². The number of non-ortho nitro benzene ring substituents is 1. The number of nitro groups is 1. The molecule has 0 bridgehead atoms. The molecule has 43 heavy (non-hydrogen) atoms. The van der Waals surface area contributed by atoms with Crippen molar-refractivity contribution in [2.24, 2.45) is 0 Å². The Morgan fingerprint density at radius 3 is 2.33 bits per heavy atom. The van der Waals surface area contributed by atoms with Gasteiger partial charge in [-0.25, -0.2) is 0 Å². The zero-order chi connectivity index (χ0) is 31.5. The van der Waals surface area contributed by atoms with Gasteiger partial charge in [-0.2, -0.15) is 13.2 Å². The number of ether oxygens (including phenoxy) is 2. The molecular weight excluding hydrogens is 821 g/mol. The number of carbonyl (C=O) groups is 3. The molecule has 0 aliphatic carbocycles. The van der Waals surface area contributed by atoms with Crippen molar-refractivity contribution in [1.82, 2.24) is 4.90 Å². The molecule has 3 aromatic rings. The third-order valence-electron chi connectivity index (χ3n) is 5.82. The number of hydrogen-bond acceptors (Lipinski definition) is 8. The maximum absolute atomic E-state index is 13.1. The number of thioether (sulfide) groups is 1. The first kappa shape index (κ1) is 32.5. The maximum atomic E-state index is 13.1. The Morgan fingerprint density at radius 2 is 1.74 bits per heavy atom. The molecule has 16 heteroatoms. The maximum Gasteiger partial charge on any atom is 0.416 e. The van der Waals surface area contributed by atoms with E-state index >= 15 is 0 Å². The van der Waals surface area contributed by atoms with Crippen LogP contribution in [0.4, 0.5) is 29.3 Å². The normalized spacial score (nSPS) is 14.3. The van der Waals surface area contributed by atoms with Crippen LogP contribution in [0.5, 0.6) is 11.5 Å². The average Bonchev–Trinajstić information content (AvgIpc) is 3.19.